The lowest BCUT2D eigenvalue weighted by molar-refractivity contribution is -0.134. The molecule has 1 saturated heterocycles. The Kier molecular flexibility index (Phi) is 5.48. The average molecular weight is 415 g/mol. The van der Waals surface area contributed by atoms with E-state index in [-0.39, 0.29) is 18.6 Å². The van der Waals surface area contributed by atoms with Gasteiger partial charge in [0, 0.05) is 6.54 Å². The molecule has 1 amide bonds. The SMILES string of the molecule is O=C(COc1ccc(-c2ccccc2)cc1)N1CCCC1c1ccc2c(c1)OCCO2. The molecule has 3 aromatic carbocycles. The highest BCUT2D eigenvalue weighted by Crippen LogP contribution is 2.38. The van der Waals surface area contributed by atoms with Crippen LogP contribution in [0.1, 0.15) is 24.4 Å². The van der Waals surface area contributed by atoms with Crippen LogP contribution in [0.15, 0.2) is 72.8 Å². The van der Waals surface area contributed by atoms with Gasteiger partial charge in [0.05, 0.1) is 6.04 Å². The average Bonchev–Trinajstić information content (AvgIpc) is 3.33. The van der Waals surface area contributed by atoms with Crippen LogP contribution in [0.2, 0.25) is 0 Å². The van der Waals surface area contributed by atoms with Crippen molar-refractivity contribution in [1.29, 1.82) is 0 Å². The number of amides is 1. The molecule has 5 heteroatoms. The van der Waals surface area contributed by atoms with Crippen molar-refractivity contribution in [3.05, 3.63) is 78.4 Å². The van der Waals surface area contributed by atoms with Gasteiger partial charge < -0.3 is 19.1 Å². The highest BCUT2D eigenvalue weighted by atomic mass is 16.6. The van der Waals surface area contributed by atoms with Gasteiger partial charge in [0.2, 0.25) is 0 Å². The normalized spacial score (nSPS) is 17.4. The summed E-state index contributed by atoms with van der Waals surface area (Å²) in [5, 5.41) is 0. The first-order chi connectivity index (χ1) is 15.3. The molecule has 0 aliphatic carbocycles. The molecule has 5 rings (SSSR count). The number of carbonyl (C=O) groups excluding carboxylic acids is 1. The monoisotopic (exact) mass is 415 g/mol. The zero-order chi connectivity index (χ0) is 21.0. The Hall–Kier alpha value is -3.47. The molecule has 158 valence electrons. The summed E-state index contributed by atoms with van der Waals surface area (Å²) in [6, 6.07) is 24.1. The number of rotatable bonds is 5. The van der Waals surface area contributed by atoms with Gasteiger partial charge in [-0.3, -0.25) is 4.79 Å². The highest BCUT2D eigenvalue weighted by molar-refractivity contribution is 5.78. The zero-order valence-corrected chi connectivity index (χ0v) is 17.3. The van der Waals surface area contributed by atoms with Gasteiger partial charge in [-0.15, -0.1) is 0 Å². The third-order valence-corrected chi connectivity index (χ3v) is 5.85. The Labute approximate surface area is 182 Å². The molecule has 3 aromatic rings. The van der Waals surface area contributed by atoms with E-state index in [0.717, 1.165) is 47.6 Å². The number of carbonyl (C=O) groups is 1. The van der Waals surface area contributed by atoms with Crippen molar-refractivity contribution >= 4 is 5.91 Å². The third kappa shape index (κ3) is 4.22. The van der Waals surface area contributed by atoms with E-state index >= 15 is 0 Å². The molecular formula is C26H25NO4. The Morgan fingerprint density at radius 3 is 2.45 bits per heavy atom. The lowest BCUT2D eigenvalue weighted by Gasteiger charge is -2.26. The van der Waals surface area contributed by atoms with Crippen molar-refractivity contribution in [2.45, 2.75) is 18.9 Å². The molecule has 1 fully saturated rings. The minimum Gasteiger partial charge on any atom is -0.486 e. The summed E-state index contributed by atoms with van der Waals surface area (Å²) in [6.07, 6.45) is 1.92. The van der Waals surface area contributed by atoms with E-state index in [2.05, 4.69) is 12.1 Å². The van der Waals surface area contributed by atoms with Gasteiger partial charge in [-0.05, 0) is 53.8 Å². The minimum absolute atomic E-state index is 0.00419. The maximum Gasteiger partial charge on any atom is 0.261 e. The van der Waals surface area contributed by atoms with Crippen molar-refractivity contribution in [1.82, 2.24) is 4.90 Å². The summed E-state index contributed by atoms with van der Waals surface area (Å²) < 4.78 is 17.1. The van der Waals surface area contributed by atoms with E-state index in [1.807, 2.05) is 65.6 Å². The van der Waals surface area contributed by atoms with E-state index in [1.165, 1.54) is 0 Å². The van der Waals surface area contributed by atoms with Crippen molar-refractivity contribution in [3.8, 4) is 28.4 Å². The Balaban J connectivity index is 1.23. The van der Waals surface area contributed by atoms with E-state index < -0.39 is 0 Å². The van der Waals surface area contributed by atoms with Gasteiger partial charge in [0.15, 0.2) is 18.1 Å². The van der Waals surface area contributed by atoms with Crippen LogP contribution in [-0.4, -0.2) is 37.2 Å². The quantitative estimate of drug-likeness (QED) is 0.597. The molecule has 2 aliphatic rings. The maximum absolute atomic E-state index is 12.9. The maximum atomic E-state index is 12.9. The van der Waals surface area contributed by atoms with Gasteiger partial charge in [-0.2, -0.15) is 0 Å². The third-order valence-electron chi connectivity index (χ3n) is 5.85. The molecule has 0 saturated carbocycles. The van der Waals surface area contributed by atoms with Crippen LogP contribution in [0, 0.1) is 0 Å². The first-order valence-electron chi connectivity index (χ1n) is 10.8. The van der Waals surface area contributed by atoms with Crippen LogP contribution < -0.4 is 14.2 Å². The molecule has 1 unspecified atom stereocenters. The number of ether oxygens (including phenoxy) is 3. The van der Waals surface area contributed by atoms with Crippen LogP contribution in [0.25, 0.3) is 11.1 Å². The molecule has 2 aliphatic heterocycles. The number of benzene rings is 3. The fourth-order valence-corrected chi connectivity index (χ4v) is 4.28. The summed E-state index contributed by atoms with van der Waals surface area (Å²) >= 11 is 0. The van der Waals surface area contributed by atoms with Gasteiger partial charge in [0.25, 0.3) is 5.91 Å². The minimum atomic E-state index is 0.00419. The lowest BCUT2D eigenvalue weighted by atomic mass is 10.0. The fraction of sp³-hybridized carbons (Fsp3) is 0.269. The Bertz CT molecular complexity index is 1050. The Morgan fingerprint density at radius 2 is 1.65 bits per heavy atom. The van der Waals surface area contributed by atoms with Crippen LogP contribution in [0.5, 0.6) is 17.2 Å². The number of nitrogens with zero attached hydrogens (tertiary/aromatic N) is 1. The zero-order valence-electron chi connectivity index (χ0n) is 17.3. The molecule has 0 bridgehead atoms. The van der Waals surface area contributed by atoms with E-state index in [4.69, 9.17) is 14.2 Å². The second-order valence-electron chi connectivity index (χ2n) is 7.83. The summed E-state index contributed by atoms with van der Waals surface area (Å²) in [5.41, 5.74) is 3.37. The smallest absolute Gasteiger partial charge is 0.261 e. The highest BCUT2D eigenvalue weighted by Gasteiger charge is 2.31. The number of likely N-dealkylation sites (tertiary alicyclic amines) is 1. The van der Waals surface area contributed by atoms with Gasteiger partial charge >= 0.3 is 0 Å². The molecular weight excluding hydrogens is 390 g/mol. The van der Waals surface area contributed by atoms with E-state index in [9.17, 15) is 4.79 Å². The van der Waals surface area contributed by atoms with E-state index in [1.54, 1.807) is 0 Å². The summed E-state index contributed by atoms with van der Waals surface area (Å²) in [4.78, 5) is 14.8. The molecule has 2 heterocycles. The van der Waals surface area contributed by atoms with Crippen LogP contribution >= 0.6 is 0 Å². The molecule has 0 radical (unpaired) electrons. The number of hydrogen-bond acceptors (Lipinski definition) is 4. The summed E-state index contributed by atoms with van der Waals surface area (Å²) in [5.74, 6) is 2.23. The standard InChI is InChI=1S/C26H25NO4/c28-26(18-31-22-11-8-20(9-12-22)19-5-2-1-3-6-19)27-14-4-7-23(27)21-10-13-24-25(17-21)30-16-15-29-24/h1-3,5-6,8-13,17,23H,4,7,14-16,18H2. The molecule has 0 N–H and O–H groups in total. The second kappa shape index (κ2) is 8.72. The van der Waals surface area contributed by atoms with Crippen LogP contribution in [0.4, 0.5) is 0 Å². The summed E-state index contributed by atoms with van der Waals surface area (Å²) in [7, 11) is 0. The van der Waals surface area contributed by atoms with Crippen molar-refractivity contribution in [2.24, 2.45) is 0 Å². The molecule has 1 atom stereocenters. The van der Waals surface area contributed by atoms with Crippen LogP contribution in [0.3, 0.4) is 0 Å². The molecule has 0 spiro atoms. The van der Waals surface area contributed by atoms with Gasteiger partial charge in [0.1, 0.15) is 19.0 Å². The second-order valence-corrected chi connectivity index (χ2v) is 7.83. The largest absolute Gasteiger partial charge is 0.486 e. The summed E-state index contributed by atoms with van der Waals surface area (Å²) in [6.45, 7) is 1.91. The topological polar surface area (TPSA) is 48.0 Å². The molecule has 0 aromatic heterocycles. The first-order valence-corrected chi connectivity index (χ1v) is 10.8. The number of hydrogen-bond donors (Lipinski definition) is 0. The Morgan fingerprint density at radius 1 is 0.903 bits per heavy atom. The predicted octanol–water partition coefficient (Wildman–Crippen LogP) is 4.87. The molecule has 31 heavy (non-hydrogen) atoms. The lowest BCUT2D eigenvalue weighted by Crippen LogP contribution is -2.34. The number of fused-ring (bicyclic) bond motifs is 1. The van der Waals surface area contributed by atoms with E-state index in [0.29, 0.717) is 19.0 Å². The van der Waals surface area contributed by atoms with Crippen molar-refractivity contribution in [3.63, 3.8) is 0 Å². The predicted molar refractivity (Wildman–Crippen MR) is 118 cm³/mol. The van der Waals surface area contributed by atoms with Gasteiger partial charge in [-0.25, -0.2) is 0 Å². The van der Waals surface area contributed by atoms with Crippen molar-refractivity contribution < 1.29 is 19.0 Å². The fourth-order valence-electron chi connectivity index (χ4n) is 4.28. The van der Waals surface area contributed by atoms with Crippen LogP contribution in [-0.2, 0) is 4.79 Å². The van der Waals surface area contributed by atoms with Gasteiger partial charge in [-0.1, -0.05) is 48.5 Å². The van der Waals surface area contributed by atoms with Crippen molar-refractivity contribution in [2.75, 3.05) is 26.4 Å². The first kappa shape index (κ1) is 19.5. The molecule has 5 nitrogen and oxygen atoms in total.